The van der Waals surface area contributed by atoms with Gasteiger partial charge in [0.25, 0.3) is 0 Å². The molecule has 0 fully saturated rings. The number of hydrogen-bond acceptors (Lipinski definition) is 3. The number of rotatable bonds is 4. The van der Waals surface area contributed by atoms with E-state index in [2.05, 4.69) is 15.9 Å². The molecule has 0 saturated heterocycles. The summed E-state index contributed by atoms with van der Waals surface area (Å²) in [6, 6.07) is 7.63. The molecule has 2 aromatic rings. The lowest BCUT2D eigenvalue weighted by Crippen LogP contribution is -1.99. The summed E-state index contributed by atoms with van der Waals surface area (Å²) >= 11 is 3.13. The fourth-order valence-corrected chi connectivity index (χ4v) is 1.86. The van der Waals surface area contributed by atoms with Crippen LogP contribution < -0.4 is 4.74 Å². The Bertz CT molecular complexity index is 664. The summed E-state index contributed by atoms with van der Waals surface area (Å²) in [6.07, 6.45) is 0. The number of nitro benzene ring substituents is 1. The number of ether oxygens (including phenoxy) is 1. The van der Waals surface area contributed by atoms with E-state index in [4.69, 9.17) is 4.74 Å². The van der Waals surface area contributed by atoms with E-state index in [-0.39, 0.29) is 12.4 Å². The molecule has 2 rings (SSSR count). The Morgan fingerprint density at radius 2 is 1.90 bits per heavy atom. The maximum Gasteiger partial charge on any atom is 0.305 e. The van der Waals surface area contributed by atoms with E-state index >= 15 is 0 Å². The van der Waals surface area contributed by atoms with Crippen molar-refractivity contribution in [3.8, 4) is 5.75 Å². The number of halogens is 3. The van der Waals surface area contributed by atoms with Crippen molar-refractivity contribution >= 4 is 21.6 Å². The molecule has 0 atom stereocenters. The second kappa shape index (κ2) is 5.96. The topological polar surface area (TPSA) is 52.4 Å². The van der Waals surface area contributed by atoms with Gasteiger partial charge in [0.1, 0.15) is 18.2 Å². The second-order valence-electron chi connectivity index (χ2n) is 3.89. The maximum absolute atomic E-state index is 13.5. The van der Waals surface area contributed by atoms with Gasteiger partial charge >= 0.3 is 5.69 Å². The first-order valence-corrected chi connectivity index (χ1v) is 6.27. The molecule has 0 saturated carbocycles. The minimum atomic E-state index is -0.997. The van der Waals surface area contributed by atoms with Gasteiger partial charge in [0.15, 0.2) is 0 Å². The first-order valence-electron chi connectivity index (χ1n) is 5.48. The van der Waals surface area contributed by atoms with Crippen molar-refractivity contribution in [2.45, 2.75) is 6.61 Å². The third-order valence-corrected chi connectivity index (χ3v) is 3.02. The van der Waals surface area contributed by atoms with E-state index in [0.29, 0.717) is 10.0 Å². The molecule has 0 bridgehead atoms. The van der Waals surface area contributed by atoms with Crippen molar-refractivity contribution in [1.29, 1.82) is 0 Å². The van der Waals surface area contributed by atoms with E-state index < -0.39 is 22.2 Å². The minimum Gasteiger partial charge on any atom is -0.489 e. The molecule has 0 aliphatic carbocycles. The van der Waals surface area contributed by atoms with Crippen LogP contribution in [0.25, 0.3) is 0 Å². The molecule has 20 heavy (non-hydrogen) atoms. The molecule has 4 nitrogen and oxygen atoms in total. The van der Waals surface area contributed by atoms with E-state index in [1.165, 1.54) is 18.2 Å². The fourth-order valence-electron chi connectivity index (χ4n) is 1.53. The quantitative estimate of drug-likeness (QED) is 0.617. The smallest absolute Gasteiger partial charge is 0.305 e. The van der Waals surface area contributed by atoms with Crippen molar-refractivity contribution in [2.24, 2.45) is 0 Å². The lowest BCUT2D eigenvalue weighted by molar-refractivity contribution is -0.387. The summed E-state index contributed by atoms with van der Waals surface area (Å²) in [5.41, 5.74) is -0.334. The van der Waals surface area contributed by atoms with Gasteiger partial charge in [-0.05, 0) is 18.2 Å². The molecular weight excluding hydrogens is 336 g/mol. The molecule has 2 aromatic carbocycles. The Hall–Kier alpha value is -2.02. The third-order valence-electron chi connectivity index (χ3n) is 2.53. The highest BCUT2D eigenvalue weighted by Gasteiger charge is 2.14. The fraction of sp³-hybridized carbons (Fsp3) is 0.0769. The van der Waals surface area contributed by atoms with Crippen LogP contribution in [0.3, 0.4) is 0 Å². The van der Waals surface area contributed by atoms with Gasteiger partial charge in [-0.2, -0.15) is 4.39 Å². The van der Waals surface area contributed by atoms with Crippen molar-refractivity contribution in [1.82, 2.24) is 0 Å². The van der Waals surface area contributed by atoms with Crippen LogP contribution in [0, 0.1) is 21.7 Å². The first kappa shape index (κ1) is 14.4. The number of nitrogens with zero attached hydrogens (tertiary/aromatic N) is 1. The first-order chi connectivity index (χ1) is 9.47. The lowest BCUT2D eigenvalue weighted by Gasteiger charge is -2.07. The third kappa shape index (κ3) is 3.30. The SMILES string of the molecule is O=[N+]([O-])c1ccc(OCc2ccc(Br)cc2F)cc1F. The van der Waals surface area contributed by atoms with Gasteiger partial charge in [-0.15, -0.1) is 0 Å². The molecule has 0 radical (unpaired) electrons. The highest BCUT2D eigenvalue weighted by molar-refractivity contribution is 9.10. The Kier molecular flexibility index (Phi) is 4.29. The zero-order chi connectivity index (χ0) is 14.7. The molecular formula is C13H8BrF2NO3. The molecule has 0 aliphatic heterocycles. The zero-order valence-corrected chi connectivity index (χ0v) is 11.6. The Morgan fingerprint density at radius 3 is 2.50 bits per heavy atom. The van der Waals surface area contributed by atoms with Crippen LogP contribution in [0.15, 0.2) is 40.9 Å². The zero-order valence-electron chi connectivity index (χ0n) is 9.98. The van der Waals surface area contributed by atoms with Crippen molar-refractivity contribution in [3.63, 3.8) is 0 Å². The molecule has 0 N–H and O–H groups in total. The van der Waals surface area contributed by atoms with E-state index in [9.17, 15) is 18.9 Å². The summed E-state index contributed by atoms with van der Waals surface area (Å²) in [7, 11) is 0. The van der Waals surface area contributed by atoms with Crippen LogP contribution in [-0.2, 0) is 6.61 Å². The van der Waals surface area contributed by atoms with Gasteiger partial charge in [0.2, 0.25) is 5.82 Å². The second-order valence-corrected chi connectivity index (χ2v) is 4.81. The monoisotopic (exact) mass is 343 g/mol. The van der Waals surface area contributed by atoms with Crippen molar-refractivity contribution < 1.29 is 18.4 Å². The van der Waals surface area contributed by atoms with E-state index in [1.54, 1.807) is 6.07 Å². The van der Waals surface area contributed by atoms with E-state index in [0.717, 1.165) is 12.1 Å². The van der Waals surface area contributed by atoms with Crippen LogP contribution in [0.1, 0.15) is 5.56 Å². The van der Waals surface area contributed by atoms with Crippen molar-refractivity contribution in [3.05, 3.63) is 68.2 Å². The minimum absolute atomic E-state index is 0.0930. The number of benzene rings is 2. The van der Waals surface area contributed by atoms with Crippen LogP contribution in [-0.4, -0.2) is 4.92 Å². The molecule has 0 aromatic heterocycles. The predicted molar refractivity (Wildman–Crippen MR) is 71.5 cm³/mol. The molecule has 0 spiro atoms. The molecule has 0 unspecified atom stereocenters. The van der Waals surface area contributed by atoms with Crippen LogP contribution in [0.4, 0.5) is 14.5 Å². The van der Waals surface area contributed by atoms with Gasteiger partial charge in [-0.25, -0.2) is 4.39 Å². The molecule has 0 amide bonds. The Labute approximate surface area is 121 Å². The average Bonchev–Trinajstić information content (AvgIpc) is 2.37. The average molecular weight is 344 g/mol. The number of hydrogen-bond donors (Lipinski definition) is 0. The molecule has 104 valence electrons. The van der Waals surface area contributed by atoms with Crippen LogP contribution >= 0.6 is 15.9 Å². The van der Waals surface area contributed by atoms with Crippen molar-refractivity contribution in [2.75, 3.05) is 0 Å². The van der Waals surface area contributed by atoms with Crippen LogP contribution in [0.2, 0.25) is 0 Å². The summed E-state index contributed by atoms with van der Waals surface area (Å²) < 4.78 is 32.7. The van der Waals surface area contributed by atoms with Gasteiger partial charge < -0.3 is 4.74 Å². The Balaban J connectivity index is 2.11. The summed E-state index contributed by atoms with van der Waals surface area (Å²) in [5, 5.41) is 10.5. The molecule has 7 heteroatoms. The van der Waals surface area contributed by atoms with Crippen LogP contribution in [0.5, 0.6) is 5.75 Å². The highest BCUT2D eigenvalue weighted by atomic mass is 79.9. The standard InChI is InChI=1S/C13H8BrF2NO3/c14-9-2-1-8(11(15)5-9)7-20-10-3-4-13(17(18)19)12(16)6-10/h1-6H,7H2. The summed E-state index contributed by atoms with van der Waals surface area (Å²) in [4.78, 5) is 9.63. The van der Waals surface area contributed by atoms with Gasteiger partial charge in [0, 0.05) is 22.2 Å². The lowest BCUT2D eigenvalue weighted by atomic mass is 10.2. The molecule has 0 heterocycles. The summed E-state index contributed by atoms with van der Waals surface area (Å²) in [6.45, 7) is -0.101. The molecule has 0 aliphatic rings. The largest absolute Gasteiger partial charge is 0.489 e. The summed E-state index contributed by atoms with van der Waals surface area (Å²) in [5.74, 6) is -1.36. The highest BCUT2D eigenvalue weighted by Crippen LogP contribution is 2.23. The maximum atomic E-state index is 13.5. The normalized spacial score (nSPS) is 10.3. The van der Waals surface area contributed by atoms with Gasteiger partial charge in [0.05, 0.1) is 4.92 Å². The van der Waals surface area contributed by atoms with E-state index in [1.807, 2.05) is 0 Å². The van der Waals surface area contributed by atoms with Gasteiger partial charge in [-0.1, -0.05) is 22.0 Å². The predicted octanol–water partition coefficient (Wildman–Crippen LogP) is 4.21. The Morgan fingerprint density at radius 1 is 1.15 bits per heavy atom. The number of nitro groups is 1. The van der Waals surface area contributed by atoms with Gasteiger partial charge in [-0.3, -0.25) is 10.1 Å².